The van der Waals surface area contributed by atoms with Crippen molar-refractivity contribution in [2.75, 3.05) is 11.9 Å². The average Bonchev–Trinajstić information content (AvgIpc) is 2.55. The van der Waals surface area contributed by atoms with Crippen molar-refractivity contribution in [2.24, 2.45) is 0 Å². The number of rotatable bonds is 6. The quantitative estimate of drug-likeness (QED) is 0.826. The summed E-state index contributed by atoms with van der Waals surface area (Å²) >= 11 is 0. The number of carbonyl (C=O) groups excluding carboxylic acids is 2. The Balaban J connectivity index is 2.06. The molecule has 0 saturated heterocycles. The van der Waals surface area contributed by atoms with E-state index in [2.05, 4.69) is 5.32 Å². The van der Waals surface area contributed by atoms with Crippen molar-refractivity contribution in [3.8, 4) is 5.75 Å². The Bertz CT molecular complexity index is 722. The van der Waals surface area contributed by atoms with E-state index in [0.29, 0.717) is 11.3 Å². The van der Waals surface area contributed by atoms with Crippen LogP contribution in [0.4, 0.5) is 5.69 Å². The first kappa shape index (κ1) is 16.7. The van der Waals surface area contributed by atoms with E-state index in [9.17, 15) is 9.59 Å². The van der Waals surface area contributed by atoms with E-state index in [-0.39, 0.29) is 18.3 Å². The number of anilines is 1. The third-order valence-electron chi connectivity index (χ3n) is 3.63. The van der Waals surface area contributed by atoms with Gasteiger partial charge >= 0.3 is 0 Å². The van der Waals surface area contributed by atoms with Crippen LogP contribution in [0.5, 0.6) is 5.75 Å². The zero-order chi connectivity index (χ0) is 16.8. The topological polar surface area (TPSA) is 55.4 Å². The summed E-state index contributed by atoms with van der Waals surface area (Å²) in [5.41, 5.74) is 3.42. The molecule has 0 fully saturated rings. The van der Waals surface area contributed by atoms with Crippen LogP contribution in [0.2, 0.25) is 0 Å². The van der Waals surface area contributed by atoms with Crippen LogP contribution in [-0.4, -0.2) is 18.3 Å². The van der Waals surface area contributed by atoms with E-state index >= 15 is 0 Å². The van der Waals surface area contributed by atoms with Crippen LogP contribution in [0.25, 0.3) is 0 Å². The zero-order valence-corrected chi connectivity index (χ0v) is 13.7. The fraction of sp³-hybridized carbons (Fsp3) is 0.263. The van der Waals surface area contributed by atoms with Crippen molar-refractivity contribution in [1.82, 2.24) is 0 Å². The van der Waals surface area contributed by atoms with Crippen LogP contribution in [0.15, 0.2) is 42.5 Å². The van der Waals surface area contributed by atoms with E-state index in [4.69, 9.17) is 4.74 Å². The second-order valence-electron chi connectivity index (χ2n) is 5.35. The average molecular weight is 311 g/mol. The molecule has 1 N–H and O–H groups in total. The minimum absolute atomic E-state index is 0.0896. The summed E-state index contributed by atoms with van der Waals surface area (Å²) in [6.07, 6.45) is 0.839. The van der Waals surface area contributed by atoms with Crippen molar-refractivity contribution in [3.05, 3.63) is 59.2 Å². The fourth-order valence-electron chi connectivity index (χ4n) is 2.40. The molecule has 0 aliphatic rings. The van der Waals surface area contributed by atoms with E-state index in [0.717, 1.165) is 23.2 Å². The van der Waals surface area contributed by atoms with E-state index in [1.165, 1.54) is 6.92 Å². The Morgan fingerprint density at radius 2 is 1.83 bits per heavy atom. The number of hydrogen-bond donors (Lipinski definition) is 1. The molecular formula is C19H21NO3. The first-order valence-electron chi connectivity index (χ1n) is 7.64. The number of ether oxygens (including phenoxy) is 1. The van der Waals surface area contributed by atoms with E-state index < -0.39 is 0 Å². The smallest absolute Gasteiger partial charge is 0.262 e. The van der Waals surface area contributed by atoms with Crippen molar-refractivity contribution in [2.45, 2.75) is 27.2 Å². The molecule has 0 unspecified atom stereocenters. The third-order valence-corrected chi connectivity index (χ3v) is 3.63. The van der Waals surface area contributed by atoms with E-state index in [1.807, 2.05) is 32.0 Å². The molecule has 4 heteroatoms. The van der Waals surface area contributed by atoms with Gasteiger partial charge in [-0.1, -0.05) is 37.3 Å². The van der Waals surface area contributed by atoms with Gasteiger partial charge in [0.05, 0.1) is 5.56 Å². The van der Waals surface area contributed by atoms with Crippen molar-refractivity contribution < 1.29 is 14.3 Å². The standard InChI is InChI=1S/C19H21NO3/c1-4-15-9-7-8-13(2)19(15)20-18(22)12-23-17-11-6-5-10-16(17)14(3)21/h5-11H,4,12H2,1-3H3,(H,20,22). The predicted molar refractivity (Wildman–Crippen MR) is 91.1 cm³/mol. The van der Waals surface area contributed by atoms with Crippen LogP contribution in [0.1, 0.15) is 35.3 Å². The van der Waals surface area contributed by atoms with Gasteiger partial charge in [-0.3, -0.25) is 9.59 Å². The molecule has 0 aromatic heterocycles. The molecule has 23 heavy (non-hydrogen) atoms. The SMILES string of the molecule is CCc1cccc(C)c1NC(=O)COc1ccccc1C(C)=O. The molecule has 0 radical (unpaired) electrons. The first-order valence-corrected chi connectivity index (χ1v) is 7.64. The second-order valence-corrected chi connectivity index (χ2v) is 5.35. The fourth-order valence-corrected chi connectivity index (χ4v) is 2.40. The number of nitrogens with one attached hydrogen (secondary N) is 1. The van der Waals surface area contributed by atoms with Gasteiger partial charge in [-0.15, -0.1) is 0 Å². The van der Waals surface area contributed by atoms with Gasteiger partial charge < -0.3 is 10.1 Å². The third kappa shape index (κ3) is 4.19. The number of amides is 1. The van der Waals surface area contributed by atoms with Crippen LogP contribution in [0.3, 0.4) is 0 Å². The monoisotopic (exact) mass is 311 g/mol. The molecule has 120 valence electrons. The highest BCUT2D eigenvalue weighted by atomic mass is 16.5. The predicted octanol–water partition coefficient (Wildman–Crippen LogP) is 3.78. The lowest BCUT2D eigenvalue weighted by molar-refractivity contribution is -0.118. The first-order chi connectivity index (χ1) is 11.0. The number of benzene rings is 2. The van der Waals surface area contributed by atoms with Gasteiger partial charge in [0.2, 0.25) is 0 Å². The number of Topliss-reactive ketones (excluding diaryl/α,β-unsaturated/α-hetero) is 1. The number of ketones is 1. The lowest BCUT2D eigenvalue weighted by Gasteiger charge is -2.14. The van der Waals surface area contributed by atoms with Gasteiger partial charge in [-0.2, -0.15) is 0 Å². The number of aryl methyl sites for hydroxylation is 2. The molecule has 1 amide bonds. The minimum Gasteiger partial charge on any atom is -0.483 e. The van der Waals surface area contributed by atoms with Gasteiger partial charge in [0.25, 0.3) is 5.91 Å². The largest absolute Gasteiger partial charge is 0.483 e. The molecule has 0 spiro atoms. The highest BCUT2D eigenvalue weighted by Gasteiger charge is 2.12. The Morgan fingerprint density at radius 1 is 1.09 bits per heavy atom. The molecule has 2 aromatic rings. The van der Waals surface area contributed by atoms with Crippen LogP contribution >= 0.6 is 0 Å². The summed E-state index contributed by atoms with van der Waals surface area (Å²) < 4.78 is 5.51. The van der Waals surface area contributed by atoms with Gasteiger partial charge in [0.1, 0.15) is 5.75 Å². The highest BCUT2D eigenvalue weighted by Crippen LogP contribution is 2.22. The molecule has 2 aromatic carbocycles. The van der Waals surface area contributed by atoms with Crippen molar-refractivity contribution in [1.29, 1.82) is 0 Å². The van der Waals surface area contributed by atoms with Gasteiger partial charge in [-0.25, -0.2) is 0 Å². The number of hydrogen-bond acceptors (Lipinski definition) is 3. The summed E-state index contributed by atoms with van der Waals surface area (Å²) in [5.74, 6) is 0.0937. The maximum Gasteiger partial charge on any atom is 0.262 e. The number of para-hydroxylation sites is 2. The molecule has 0 saturated carbocycles. The second kappa shape index (κ2) is 7.58. The Kier molecular flexibility index (Phi) is 5.52. The minimum atomic E-state index is -0.243. The lowest BCUT2D eigenvalue weighted by atomic mass is 10.1. The zero-order valence-electron chi connectivity index (χ0n) is 13.7. The molecule has 0 aliphatic heterocycles. The normalized spacial score (nSPS) is 10.2. The van der Waals surface area contributed by atoms with E-state index in [1.54, 1.807) is 24.3 Å². The number of carbonyl (C=O) groups is 2. The summed E-state index contributed by atoms with van der Waals surface area (Å²) in [6, 6.07) is 12.8. The summed E-state index contributed by atoms with van der Waals surface area (Å²) in [6.45, 7) is 5.34. The van der Waals surface area contributed by atoms with Crippen molar-refractivity contribution >= 4 is 17.4 Å². The summed E-state index contributed by atoms with van der Waals surface area (Å²) in [5, 5.41) is 2.90. The lowest BCUT2D eigenvalue weighted by Crippen LogP contribution is -2.22. The summed E-state index contributed by atoms with van der Waals surface area (Å²) in [4.78, 5) is 23.7. The molecule has 2 rings (SSSR count). The molecule has 0 aliphatic carbocycles. The molecule has 0 bridgehead atoms. The van der Waals surface area contributed by atoms with Crippen LogP contribution in [-0.2, 0) is 11.2 Å². The summed E-state index contributed by atoms with van der Waals surface area (Å²) in [7, 11) is 0. The Labute approximate surface area is 136 Å². The van der Waals surface area contributed by atoms with Gasteiger partial charge in [0, 0.05) is 5.69 Å². The molecular weight excluding hydrogens is 290 g/mol. The molecule has 4 nitrogen and oxygen atoms in total. The maximum atomic E-state index is 12.2. The van der Waals surface area contributed by atoms with Crippen LogP contribution < -0.4 is 10.1 Å². The Hall–Kier alpha value is -2.62. The Morgan fingerprint density at radius 3 is 2.52 bits per heavy atom. The van der Waals surface area contributed by atoms with Gasteiger partial charge in [0.15, 0.2) is 12.4 Å². The van der Waals surface area contributed by atoms with Crippen molar-refractivity contribution in [3.63, 3.8) is 0 Å². The van der Waals surface area contributed by atoms with Crippen LogP contribution in [0, 0.1) is 6.92 Å². The molecule has 0 atom stereocenters. The van der Waals surface area contributed by atoms with Gasteiger partial charge in [-0.05, 0) is 43.5 Å². The highest BCUT2D eigenvalue weighted by molar-refractivity contribution is 5.97. The molecule has 0 heterocycles. The maximum absolute atomic E-state index is 12.2.